The summed E-state index contributed by atoms with van der Waals surface area (Å²) < 4.78 is 5.40. The van der Waals surface area contributed by atoms with E-state index >= 15 is 0 Å². The van der Waals surface area contributed by atoms with Crippen LogP contribution in [0, 0.1) is 12.8 Å². The molecule has 0 saturated carbocycles. The van der Waals surface area contributed by atoms with Gasteiger partial charge in [0, 0.05) is 44.6 Å². The molecule has 0 radical (unpaired) electrons. The predicted octanol–water partition coefficient (Wildman–Crippen LogP) is 1.23. The molecule has 0 bridgehead atoms. The Labute approximate surface area is 155 Å². The fraction of sp³-hybridized carbons (Fsp3) is 0.600. The van der Waals surface area contributed by atoms with Crippen LogP contribution in [0.5, 0.6) is 0 Å². The monoisotopic (exact) mass is 359 g/mol. The number of rotatable bonds is 5. The van der Waals surface area contributed by atoms with Gasteiger partial charge in [-0.3, -0.25) is 9.59 Å². The first-order valence-corrected chi connectivity index (χ1v) is 9.54. The van der Waals surface area contributed by atoms with Gasteiger partial charge in [-0.2, -0.15) is 0 Å². The Morgan fingerprint density at radius 3 is 2.62 bits per heavy atom. The minimum atomic E-state index is 0.000590. The molecular formula is C20H29N3O3. The normalized spacial score (nSPS) is 21.4. The SMILES string of the molecule is Cc1ccc(CNC(=O)C2CCN(C(=O)CC3COCCN3)CC2)cc1. The number of aryl methyl sites for hydroxylation is 1. The van der Waals surface area contributed by atoms with E-state index in [2.05, 4.69) is 29.7 Å². The topological polar surface area (TPSA) is 70.7 Å². The number of nitrogens with one attached hydrogen (secondary N) is 2. The summed E-state index contributed by atoms with van der Waals surface area (Å²) in [6.45, 7) is 6.06. The minimum absolute atomic E-state index is 0.000590. The molecule has 3 rings (SSSR count). The largest absolute Gasteiger partial charge is 0.378 e. The van der Waals surface area contributed by atoms with Crippen LogP contribution in [0.1, 0.15) is 30.4 Å². The minimum Gasteiger partial charge on any atom is -0.378 e. The summed E-state index contributed by atoms with van der Waals surface area (Å²) in [5.41, 5.74) is 2.32. The number of likely N-dealkylation sites (tertiary alicyclic amines) is 1. The van der Waals surface area contributed by atoms with Crippen molar-refractivity contribution in [2.24, 2.45) is 5.92 Å². The summed E-state index contributed by atoms with van der Waals surface area (Å²) in [6.07, 6.45) is 1.95. The Morgan fingerprint density at radius 1 is 1.23 bits per heavy atom. The lowest BCUT2D eigenvalue weighted by atomic mass is 9.95. The van der Waals surface area contributed by atoms with Crippen LogP contribution in [-0.4, -0.2) is 55.6 Å². The van der Waals surface area contributed by atoms with Crippen LogP contribution < -0.4 is 10.6 Å². The summed E-state index contributed by atoms with van der Waals surface area (Å²) in [6, 6.07) is 8.31. The Hall–Kier alpha value is -1.92. The second-order valence-corrected chi connectivity index (χ2v) is 7.29. The molecular weight excluding hydrogens is 330 g/mol. The van der Waals surface area contributed by atoms with E-state index in [9.17, 15) is 9.59 Å². The molecule has 2 N–H and O–H groups in total. The van der Waals surface area contributed by atoms with E-state index in [1.165, 1.54) is 5.56 Å². The highest BCUT2D eigenvalue weighted by molar-refractivity contribution is 5.80. The number of amides is 2. The van der Waals surface area contributed by atoms with Gasteiger partial charge in [-0.1, -0.05) is 29.8 Å². The van der Waals surface area contributed by atoms with Gasteiger partial charge in [0.25, 0.3) is 0 Å². The Morgan fingerprint density at radius 2 is 1.96 bits per heavy atom. The maximum Gasteiger partial charge on any atom is 0.224 e. The van der Waals surface area contributed by atoms with Crippen LogP contribution >= 0.6 is 0 Å². The van der Waals surface area contributed by atoms with Crippen molar-refractivity contribution in [2.45, 2.75) is 38.8 Å². The highest BCUT2D eigenvalue weighted by atomic mass is 16.5. The molecule has 1 aromatic carbocycles. The van der Waals surface area contributed by atoms with Crippen molar-refractivity contribution in [3.05, 3.63) is 35.4 Å². The second-order valence-electron chi connectivity index (χ2n) is 7.29. The van der Waals surface area contributed by atoms with E-state index in [-0.39, 0.29) is 23.8 Å². The van der Waals surface area contributed by atoms with E-state index in [4.69, 9.17) is 4.74 Å². The molecule has 1 unspecified atom stereocenters. The molecule has 6 nitrogen and oxygen atoms in total. The molecule has 2 aliphatic rings. The number of piperidine rings is 1. The van der Waals surface area contributed by atoms with Gasteiger partial charge in [0.15, 0.2) is 0 Å². The number of carbonyl (C=O) groups excluding carboxylic acids is 2. The van der Waals surface area contributed by atoms with E-state index in [1.807, 2.05) is 17.0 Å². The Balaban J connectivity index is 1.39. The van der Waals surface area contributed by atoms with Gasteiger partial charge in [-0.25, -0.2) is 0 Å². The second kappa shape index (κ2) is 9.14. The average molecular weight is 359 g/mol. The summed E-state index contributed by atoms with van der Waals surface area (Å²) in [5, 5.41) is 6.34. The molecule has 2 amide bonds. The van der Waals surface area contributed by atoms with Crippen LogP contribution in [0.3, 0.4) is 0 Å². The van der Waals surface area contributed by atoms with Crippen molar-refractivity contribution in [1.29, 1.82) is 0 Å². The maximum atomic E-state index is 12.4. The van der Waals surface area contributed by atoms with Crippen LogP contribution in [0.2, 0.25) is 0 Å². The van der Waals surface area contributed by atoms with Gasteiger partial charge in [-0.05, 0) is 25.3 Å². The van der Waals surface area contributed by atoms with Crippen molar-refractivity contribution in [2.75, 3.05) is 32.8 Å². The van der Waals surface area contributed by atoms with Crippen LogP contribution in [0.4, 0.5) is 0 Å². The molecule has 0 aliphatic carbocycles. The van der Waals surface area contributed by atoms with Crippen molar-refractivity contribution < 1.29 is 14.3 Å². The number of hydrogen-bond donors (Lipinski definition) is 2. The van der Waals surface area contributed by atoms with Gasteiger partial charge in [0.1, 0.15) is 0 Å². The zero-order chi connectivity index (χ0) is 18.4. The molecule has 2 saturated heterocycles. The number of morpholine rings is 1. The molecule has 2 fully saturated rings. The van der Waals surface area contributed by atoms with Crippen molar-refractivity contribution in [3.63, 3.8) is 0 Å². The number of nitrogens with zero attached hydrogens (tertiary/aromatic N) is 1. The first-order chi connectivity index (χ1) is 12.6. The molecule has 1 aromatic rings. The van der Waals surface area contributed by atoms with E-state index in [0.29, 0.717) is 39.3 Å². The van der Waals surface area contributed by atoms with Crippen LogP contribution in [-0.2, 0) is 20.9 Å². The number of carbonyl (C=O) groups is 2. The molecule has 2 heterocycles. The highest BCUT2D eigenvalue weighted by Gasteiger charge is 2.28. The zero-order valence-electron chi connectivity index (χ0n) is 15.5. The average Bonchev–Trinajstić information content (AvgIpc) is 2.68. The quantitative estimate of drug-likeness (QED) is 0.830. The molecule has 6 heteroatoms. The lowest BCUT2D eigenvalue weighted by Crippen LogP contribution is -2.47. The van der Waals surface area contributed by atoms with E-state index in [0.717, 1.165) is 24.9 Å². The molecule has 0 aromatic heterocycles. The predicted molar refractivity (Wildman–Crippen MR) is 99.6 cm³/mol. The van der Waals surface area contributed by atoms with Gasteiger partial charge >= 0.3 is 0 Å². The molecule has 0 spiro atoms. The van der Waals surface area contributed by atoms with Gasteiger partial charge in [0.05, 0.1) is 13.2 Å². The standard InChI is InChI=1S/C20H29N3O3/c1-15-2-4-16(5-3-15)13-22-20(25)17-6-9-23(10-7-17)19(24)12-18-14-26-11-8-21-18/h2-5,17-18,21H,6-14H2,1H3,(H,22,25). The fourth-order valence-electron chi connectivity index (χ4n) is 3.52. The third kappa shape index (κ3) is 5.29. The van der Waals surface area contributed by atoms with Crippen molar-refractivity contribution in [1.82, 2.24) is 15.5 Å². The van der Waals surface area contributed by atoms with Crippen molar-refractivity contribution >= 4 is 11.8 Å². The lowest BCUT2D eigenvalue weighted by molar-refractivity contribution is -0.136. The van der Waals surface area contributed by atoms with Crippen LogP contribution in [0.15, 0.2) is 24.3 Å². The maximum absolute atomic E-state index is 12.4. The summed E-state index contributed by atoms with van der Waals surface area (Å²) in [7, 11) is 0. The smallest absolute Gasteiger partial charge is 0.224 e. The molecule has 1 atom stereocenters. The highest BCUT2D eigenvalue weighted by Crippen LogP contribution is 2.19. The van der Waals surface area contributed by atoms with Crippen LogP contribution in [0.25, 0.3) is 0 Å². The first-order valence-electron chi connectivity index (χ1n) is 9.54. The number of ether oxygens (including phenoxy) is 1. The number of hydrogen-bond acceptors (Lipinski definition) is 4. The summed E-state index contributed by atoms with van der Waals surface area (Å²) >= 11 is 0. The number of benzene rings is 1. The molecule has 26 heavy (non-hydrogen) atoms. The molecule has 142 valence electrons. The third-order valence-corrected chi connectivity index (χ3v) is 5.23. The molecule has 2 aliphatic heterocycles. The Bertz CT molecular complexity index is 603. The van der Waals surface area contributed by atoms with Gasteiger partial charge in [-0.15, -0.1) is 0 Å². The Kier molecular flexibility index (Phi) is 6.63. The van der Waals surface area contributed by atoms with Gasteiger partial charge in [0.2, 0.25) is 11.8 Å². The van der Waals surface area contributed by atoms with E-state index in [1.54, 1.807) is 0 Å². The third-order valence-electron chi connectivity index (χ3n) is 5.23. The fourth-order valence-corrected chi connectivity index (χ4v) is 3.52. The lowest BCUT2D eigenvalue weighted by Gasteiger charge is -2.33. The van der Waals surface area contributed by atoms with E-state index < -0.39 is 0 Å². The van der Waals surface area contributed by atoms with Crippen molar-refractivity contribution in [3.8, 4) is 0 Å². The first kappa shape index (κ1) is 18.9. The summed E-state index contributed by atoms with van der Waals surface area (Å²) in [5.74, 6) is 0.257. The zero-order valence-corrected chi connectivity index (χ0v) is 15.5. The van der Waals surface area contributed by atoms with Gasteiger partial charge < -0.3 is 20.3 Å². The summed E-state index contributed by atoms with van der Waals surface area (Å²) in [4.78, 5) is 26.7.